The number of amidine groups is 1. The van der Waals surface area contributed by atoms with Crippen molar-refractivity contribution in [1.82, 2.24) is 25.6 Å². The number of benzene rings is 1. The van der Waals surface area contributed by atoms with Crippen molar-refractivity contribution >= 4 is 23.7 Å². The molecule has 8 nitrogen and oxygen atoms in total. The number of aliphatic imine (C=N–C) groups is 2. The normalized spacial score (nSPS) is 19.2. The maximum atomic E-state index is 13.1. The summed E-state index contributed by atoms with van der Waals surface area (Å²) in [5, 5.41) is 3.83. The Morgan fingerprint density at radius 1 is 1.09 bits per heavy atom. The fourth-order valence-electron chi connectivity index (χ4n) is 3.25. The molecule has 1 amide bonds. The molecule has 14 heteroatoms. The number of carbonyl (C=O) groups excluding carboxylic acids is 1. The molecule has 34 heavy (non-hydrogen) atoms. The molecule has 1 aromatic carbocycles. The van der Waals surface area contributed by atoms with Gasteiger partial charge in [0.15, 0.2) is 5.82 Å². The molecule has 2 aromatic rings. The number of carbonyl (C=O) groups is 1. The van der Waals surface area contributed by atoms with E-state index in [1.807, 2.05) is 6.92 Å². The van der Waals surface area contributed by atoms with Crippen molar-refractivity contribution < 1.29 is 31.1 Å². The molecular formula is C20H19F6N7O. The highest BCUT2D eigenvalue weighted by Gasteiger charge is 2.37. The van der Waals surface area contributed by atoms with Gasteiger partial charge in [-0.2, -0.15) is 26.3 Å². The first kappa shape index (κ1) is 25.1. The number of amides is 1. The van der Waals surface area contributed by atoms with Gasteiger partial charge in [0.25, 0.3) is 5.91 Å². The van der Waals surface area contributed by atoms with Gasteiger partial charge in [0.2, 0.25) is 0 Å². The fraction of sp³-hybridized carbons (Fsp3) is 0.350. The van der Waals surface area contributed by atoms with E-state index in [0.717, 1.165) is 29.0 Å². The van der Waals surface area contributed by atoms with E-state index in [0.29, 0.717) is 24.4 Å². The summed E-state index contributed by atoms with van der Waals surface area (Å²) in [6.07, 6.45) is -6.32. The number of aromatic nitrogens is 3. The zero-order valence-corrected chi connectivity index (χ0v) is 18.1. The van der Waals surface area contributed by atoms with Gasteiger partial charge in [-0.05, 0) is 39.0 Å². The van der Waals surface area contributed by atoms with Gasteiger partial charge in [-0.25, -0.2) is 25.1 Å². The summed E-state index contributed by atoms with van der Waals surface area (Å²) in [6, 6.07) is 1.06. The van der Waals surface area contributed by atoms with E-state index in [2.05, 4.69) is 30.9 Å². The molecule has 1 aliphatic heterocycles. The van der Waals surface area contributed by atoms with Crippen LogP contribution in [0.2, 0.25) is 0 Å². The third kappa shape index (κ3) is 6.27. The van der Waals surface area contributed by atoms with Crippen LogP contribution in [0.15, 0.2) is 40.6 Å². The molecule has 1 aliphatic rings. The van der Waals surface area contributed by atoms with Crippen molar-refractivity contribution in [3.8, 4) is 11.4 Å². The monoisotopic (exact) mass is 487 g/mol. The lowest BCUT2D eigenvalue weighted by Gasteiger charge is -2.29. The predicted molar refractivity (Wildman–Crippen MR) is 111 cm³/mol. The highest BCUT2D eigenvalue weighted by Crippen LogP contribution is 2.38. The average Bonchev–Trinajstić information content (AvgIpc) is 3.17. The third-order valence-corrected chi connectivity index (χ3v) is 4.55. The maximum absolute atomic E-state index is 13.1. The SMILES string of the molecule is CC1=NC(C)=NC(C)(NNC(=O)/C=C\n2cnc(-c3cc(C(F)(F)F)cc(C(F)(F)F)c3)n2)C1. The Labute approximate surface area is 189 Å². The van der Waals surface area contributed by atoms with Gasteiger partial charge in [0.1, 0.15) is 17.8 Å². The highest BCUT2D eigenvalue weighted by atomic mass is 19.4. The minimum atomic E-state index is -4.99. The lowest BCUT2D eigenvalue weighted by atomic mass is 10.0. The molecule has 0 saturated carbocycles. The number of halogens is 6. The van der Waals surface area contributed by atoms with Crippen LogP contribution in [0, 0.1) is 0 Å². The molecule has 2 N–H and O–H groups in total. The predicted octanol–water partition coefficient (Wildman–Crippen LogP) is 4.07. The van der Waals surface area contributed by atoms with Crippen LogP contribution >= 0.6 is 0 Å². The van der Waals surface area contributed by atoms with Crippen molar-refractivity contribution in [3.05, 3.63) is 41.7 Å². The maximum Gasteiger partial charge on any atom is 0.416 e. The number of nitrogens with one attached hydrogen (secondary N) is 2. The standard InChI is InChI=1S/C20H19F6N7O/c1-11-9-18(3,29-12(2)28-11)32-30-16(34)4-5-33-10-27-17(31-33)13-6-14(19(21,22)23)8-15(7-13)20(24,25)26/h4-8,10,32H,9H2,1-3H3,(H,30,34)/b5-4-. The zero-order chi connectivity index (χ0) is 25.3. The summed E-state index contributed by atoms with van der Waals surface area (Å²) in [5.41, 5.74) is 1.81. The minimum Gasteiger partial charge on any atom is -0.286 e. The third-order valence-electron chi connectivity index (χ3n) is 4.55. The van der Waals surface area contributed by atoms with Gasteiger partial charge in [0, 0.05) is 30.0 Å². The van der Waals surface area contributed by atoms with E-state index >= 15 is 0 Å². The molecule has 0 bridgehead atoms. The lowest BCUT2D eigenvalue weighted by Crippen LogP contribution is -2.53. The Bertz CT molecular complexity index is 1150. The van der Waals surface area contributed by atoms with Crippen LogP contribution < -0.4 is 10.9 Å². The lowest BCUT2D eigenvalue weighted by molar-refractivity contribution is -0.143. The highest BCUT2D eigenvalue weighted by molar-refractivity contribution is 5.98. The molecule has 1 unspecified atom stereocenters. The first-order valence-corrected chi connectivity index (χ1v) is 9.72. The molecule has 0 spiro atoms. The molecule has 2 heterocycles. The number of nitrogens with zero attached hydrogens (tertiary/aromatic N) is 5. The molecule has 182 valence electrons. The second-order valence-corrected chi connectivity index (χ2v) is 7.73. The van der Waals surface area contributed by atoms with Gasteiger partial charge in [-0.1, -0.05) is 0 Å². The number of rotatable bonds is 5. The summed E-state index contributed by atoms with van der Waals surface area (Å²) < 4.78 is 79.3. The molecule has 3 rings (SSSR count). The van der Waals surface area contributed by atoms with Crippen LogP contribution in [-0.2, 0) is 17.1 Å². The van der Waals surface area contributed by atoms with Crippen molar-refractivity contribution in [2.75, 3.05) is 0 Å². The summed E-state index contributed by atoms with van der Waals surface area (Å²) in [6.45, 7) is 5.30. The number of hydrogen-bond donors (Lipinski definition) is 2. The Balaban J connectivity index is 1.73. The Kier molecular flexibility index (Phi) is 6.64. The molecule has 0 aliphatic carbocycles. The molecular weight excluding hydrogens is 468 g/mol. The van der Waals surface area contributed by atoms with Gasteiger partial charge >= 0.3 is 12.4 Å². The van der Waals surface area contributed by atoms with Gasteiger partial charge < -0.3 is 0 Å². The van der Waals surface area contributed by atoms with Crippen molar-refractivity contribution in [2.45, 2.75) is 45.2 Å². The van der Waals surface area contributed by atoms with Gasteiger partial charge in [-0.15, -0.1) is 5.10 Å². The quantitative estimate of drug-likeness (QED) is 0.378. The van der Waals surface area contributed by atoms with Crippen LogP contribution in [0.3, 0.4) is 0 Å². The van der Waals surface area contributed by atoms with E-state index < -0.39 is 40.6 Å². The van der Waals surface area contributed by atoms with E-state index in [-0.39, 0.29) is 11.9 Å². The molecule has 0 saturated heterocycles. The summed E-state index contributed by atoms with van der Waals surface area (Å²) in [5.74, 6) is -0.444. The Hall–Kier alpha value is -3.55. The second-order valence-electron chi connectivity index (χ2n) is 7.73. The molecule has 1 atom stereocenters. The van der Waals surface area contributed by atoms with Crippen molar-refractivity contribution in [3.63, 3.8) is 0 Å². The minimum absolute atomic E-state index is 0.0173. The van der Waals surface area contributed by atoms with Gasteiger partial charge in [-0.3, -0.25) is 10.2 Å². The van der Waals surface area contributed by atoms with Crippen molar-refractivity contribution in [1.29, 1.82) is 0 Å². The molecule has 0 radical (unpaired) electrons. The first-order valence-electron chi connectivity index (χ1n) is 9.72. The Morgan fingerprint density at radius 3 is 2.26 bits per heavy atom. The summed E-state index contributed by atoms with van der Waals surface area (Å²) >= 11 is 0. The van der Waals surface area contributed by atoms with E-state index in [1.165, 1.54) is 0 Å². The summed E-state index contributed by atoms with van der Waals surface area (Å²) in [4.78, 5) is 24.4. The fourth-order valence-corrected chi connectivity index (χ4v) is 3.25. The first-order chi connectivity index (χ1) is 15.6. The topological polar surface area (TPSA) is 96.6 Å². The van der Waals surface area contributed by atoms with Gasteiger partial charge in [0.05, 0.1) is 11.1 Å². The van der Waals surface area contributed by atoms with Crippen molar-refractivity contribution in [2.24, 2.45) is 9.98 Å². The van der Waals surface area contributed by atoms with Crippen LogP contribution in [0.4, 0.5) is 26.3 Å². The van der Waals surface area contributed by atoms with Crippen LogP contribution in [-0.4, -0.2) is 37.9 Å². The summed E-state index contributed by atoms with van der Waals surface area (Å²) in [7, 11) is 0. The van der Waals surface area contributed by atoms with Crippen LogP contribution in [0.25, 0.3) is 17.6 Å². The largest absolute Gasteiger partial charge is 0.416 e. The zero-order valence-electron chi connectivity index (χ0n) is 18.1. The van der Waals surface area contributed by atoms with E-state index in [1.54, 1.807) is 13.8 Å². The number of alkyl halides is 6. The Morgan fingerprint density at radius 2 is 1.71 bits per heavy atom. The van der Waals surface area contributed by atoms with E-state index in [9.17, 15) is 31.1 Å². The average molecular weight is 487 g/mol. The second kappa shape index (κ2) is 9.00. The number of hydrogen-bond acceptors (Lipinski definition) is 6. The smallest absolute Gasteiger partial charge is 0.286 e. The molecule has 0 fully saturated rings. The van der Waals surface area contributed by atoms with Crippen LogP contribution in [0.1, 0.15) is 38.3 Å². The number of hydrazine groups is 1. The van der Waals surface area contributed by atoms with Crippen LogP contribution in [0.5, 0.6) is 0 Å². The van der Waals surface area contributed by atoms with E-state index in [4.69, 9.17) is 0 Å². The molecule has 1 aromatic heterocycles.